The van der Waals surface area contributed by atoms with Gasteiger partial charge >= 0.3 is 0 Å². The topological polar surface area (TPSA) is 169 Å². The van der Waals surface area contributed by atoms with E-state index in [1.54, 1.807) is 0 Å². The minimum absolute atomic E-state index is 0.611. The highest BCUT2D eigenvalue weighted by atomic mass is 16.4. The van der Waals surface area contributed by atoms with Crippen LogP contribution in [0.4, 0.5) is 0 Å². The lowest BCUT2D eigenvalue weighted by molar-refractivity contribution is 0.623. The lowest BCUT2D eigenvalue weighted by Gasteiger charge is -2.12. The van der Waals surface area contributed by atoms with E-state index in [4.69, 9.17) is 62.5 Å². The summed E-state index contributed by atoms with van der Waals surface area (Å²) < 4.78 is 25.6. The van der Waals surface area contributed by atoms with Gasteiger partial charge < -0.3 is 17.7 Å². The van der Waals surface area contributed by atoms with Gasteiger partial charge in [-0.25, -0.2) is 44.9 Å². The first-order valence-corrected chi connectivity index (χ1v) is 45.3. The number of fused-ring (bicyclic) bond motifs is 21. The van der Waals surface area contributed by atoms with Crippen molar-refractivity contribution in [3.8, 4) is 124 Å². The number of furan rings is 1. The molecule has 28 rings (SSSR count). The number of hydrogen-bond donors (Lipinski definition) is 0. The molecule has 7 aromatic heterocycles. The molecule has 0 aliphatic rings. The highest BCUT2D eigenvalue weighted by Gasteiger charge is 2.24. The maximum absolute atomic E-state index is 6.49. The zero-order chi connectivity index (χ0) is 89.7. The van der Waals surface area contributed by atoms with Crippen molar-refractivity contribution in [2.24, 2.45) is 0 Å². The van der Waals surface area contributed by atoms with Crippen molar-refractivity contribution in [3.05, 3.63) is 443 Å². The van der Waals surface area contributed by atoms with E-state index in [9.17, 15) is 0 Å². The number of hydrogen-bond acceptors (Lipinski definition) is 13. The van der Waals surface area contributed by atoms with Gasteiger partial charge in [-0.15, -0.1) is 0 Å². The van der Waals surface area contributed by atoms with E-state index in [-0.39, 0.29) is 0 Å². The third-order valence-electron chi connectivity index (χ3n) is 25.8. The predicted molar refractivity (Wildman–Crippen MR) is 553 cm³/mol. The summed E-state index contributed by atoms with van der Waals surface area (Å²) >= 11 is 0. The van der Waals surface area contributed by atoms with Gasteiger partial charge in [0.1, 0.15) is 27.7 Å². The van der Waals surface area contributed by atoms with E-state index < -0.39 is 0 Å². The van der Waals surface area contributed by atoms with Gasteiger partial charge in [-0.3, -0.25) is 0 Å². The minimum atomic E-state index is 0.611. The fourth-order valence-corrected chi connectivity index (χ4v) is 19.2. The van der Waals surface area contributed by atoms with Crippen LogP contribution in [0.2, 0.25) is 0 Å². The quantitative estimate of drug-likeness (QED) is 0.112. The Hall–Kier alpha value is -18.6. The zero-order valence-electron chi connectivity index (χ0n) is 72.8. The molecular formula is C123H73N9O4. The van der Waals surface area contributed by atoms with Crippen molar-refractivity contribution in [2.75, 3.05) is 0 Å². The molecule has 21 aromatic carbocycles. The van der Waals surface area contributed by atoms with Crippen LogP contribution in [-0.2, 0) is 0 Å². The molecule has 0 atom stereocenters. The Morgan fingerprint density at radius 3 is 0.912 bits per heavy atom. The van der Waals surface area contributed by atoms with Crippen molar-refractivity contribution in [3.63, 3.8) is 0 Å². The molecule has 0 saturated heterocycles. The molecule has 0 aliphatic carbocycles. The van der Waals surface area contributed by atoms with Crippen LogP contribution in [0, 0.1) is 0 Å². The Balaban J connectivity index is 0.000000106. The molecule has 0 fully saturated rings. The van der Waals surface area contributed by atoms with Crippen LogP contribution < -0.4 is 0 Å². The Morgan fingerprint density at radius 1 is 0.140 bits per heavy atom. The Kier molecular flexibility index (Phi) is 18.9. The lowest BCUT2D eigenvalue weighted by Crippen LogP contribution is -1.95. The molecule has 13 heteroatoms. The van der Waals surface area contributed by atoms with Crippen molar-refractivity contribution in [2.45, 2.75) is 0 Å². The molecule has 28 aromatic rings. The number of rotatable bonds is 11. The van der Waals surface area contributed by atoms with Crippen LogP contribution in [0.25, 0.3) is 277 Å². The van der Waals surface area contributed by atoms with Gasteiger partial charge in [0.15, 0.2) is 28.4 Å². The molecule has 0 saturated carbocycles. The van der Waals surface area contributed by atoms with Gasteiger partial charge in [0.2, 0.25) is 17.7 Å². The van der Waals surface area contributed by atoms with Crippen LogP contribution >= 0.6 is 0 Å². The fourth-order valence-electron chi connectivity index (χ4n) is 19.2. The van der Waals surface area contributed by atoms with Crippen molar-refractivity contribution >= 4 is 153 Å². The lowest BCUT2D eigenvalue weighted by atomic mass is 9.95. The van der Waals surface area contributed by atoms with Gasteiger partial charge in [0.25, 0.3) is 0 Å². The Bertz CT molecular complexity index is 9610. The summed E-state index contributed by atoms with van der Waals surface area (Å²) in [6.45, 7) is 0. The van der Waals surface area contributed by atoms with E-state index in [1.165, 1.54) is 0 Å². The van der Waals surface area contributed by atoms with Crippen molar-refractivity contribution in [1.29, 1.82) is 0 Å². The number of oxazole rings is 3. The molecule has 634 valence electrons. The highest BCUT2D eigenvalue weighted by molar-refractivity contribution is 6.22. The molecule has 0 N–H and O–H groups in total. The van der Waals surface area contributed by atoms with Crippen LogP contribution in [0.15, 0.2) is 461 Å². The van der Waals surface area contributed by atoms with E-state index in [0.717, 1.165) is 259 Å². The monoisotopic (exact) mass is 1740 g/mol. The number of aromatic nitrogens is 9. The second kappa shape index (κ2) is 32.8. The van der Waals surface area contributed by atoms with Crippen LogP contribution in [0.5, 0.6) is 0 Å². The molecule has 0 amide bonds. The third-order valence-corrected chi connectivity index (χ3v) is 25.8. The molecule has 13 nitrogen and oxygen atoms in total. The van der Waals surface area contributed by atoms with Crippen LogP contribution in [-0.4, -0.2) is 44.9 Å². The Labute approximate surface area is 777 Å². The third kappa shape index (κ3) is 14.1. The smallest absolute Gasteiger partial charge is 0.227 e. The van der Waals surface area contributed by atoms with Crippen LogP contribution in [0.3, 0.4) is 0 Å². The van der Waals surface area contributed by atoms with Crippen LogP contribution in [0.1, 0.15) is 0 Å². The average molecular weight is 1740 g/mol. The SMILES string of the molecule is c1ccc(-c2nc(-c3ccccc3)c3cc(-c4ccc5c(ccc6ccc7nc(-c8ccccc8)oc7c65)c4)ccc3n2)cc1.c1ccc(-c2nc(-c3ccccc3)c3cc(-c4ccc5ccc6ccc7nc(-c8ccccc8)oc7c6c5c4)ccc3n2)cc1.c1ccc(-c2nc3ccc4ccc5ccc(-c6nc7ccccc7nc6-c6ccc7c(c6)oc6ccccc67)cc5c4c3o2)cc1. The summed E-state index contributed by atoms with van der Waals surface area (Å²) in [7, 11) is 0. The molecular weight excluding hydrogens is 1670 g/mol. The minimum Gasteiger partial charge on any atom is -0.456 e. The molecule has 7 heterocycles. The first-order chi connectivity index (χ1) is 67.3. The summed E-state index contributed by atoms with van der Waals surface area (Å²) in [6, 6.07) is 152. The second-order valence-electron chi connectivity index (χ2n) is 34.1. The van der Waals surface area contributed by atoms with Gasteiger partial charge in [0, 0.05) is 87.8 Å². The molecule has 0 aliphatic heterocycles. The van der Waals surface area contributed by atoms with E-state index >= 15 is 0 Å². The van der Waals surface area contributed by atoms with E-state index in [1.807, 2.05) is 200 Å². The standard InChI is InChI=1S/C41H23N3O2.2C41H25N3O/c1-2-8-26(9-3-1)41-44-34-21-19-25-16-14-24-15-17-27(22-31(24)37(25)40(34)46-41)38-39(43-33-12-6-5-11-32(33)42-38)28-18-20-30-29-10-4-7-13-35(29)45-36(30)23-28;1-4-10-28(11-5-1)38-34-25-32(21-22-35(34)42-40(44-38)29-12-6-2-7-13-29)31-19-17-26-16-18-27-20-23-36-39(37(27)33(26)24-31)45-41(43-36)30-14-8-3-9-15-30;1-4-10-27(11-5-1)38-34-25-31(20-22-35(34)42-40(44-38)28-12-6-2-7-13-28)30-18-21-33-32(24-30)17-16-26-19-23-36-39(37(26)33)45-41(43-36)29-14-8-3-9-15-29/h1-23H;2*1-25H. The summed E-state index contributed by atoms with van der Waals surface area (Å²) in [4.78, 5) is 45.0. The molecule has 136 heavy (non-hydrogen) atoms. The maximum Gasteiger partial charge on any atom is 0.227 e. The van der Waals surface area contributed by atoms with Crippen molar-refractivity contribution < 1.29 is 17.7 Å². The van der Waals surface area contributed by atoms with Gasteiger partial charge in [-0.1, -0.05) is 315 Å². The van der Waals surface area contributed by atoms with Gasteiger partial charge in [-0.05, 0) is 198 Å². The largest absolute Gasteiger partial charge is 0.456 e. The second-order valence-corrected chi connectivity index (χ2v) is 34.1. The maximum atomic E-state index is 6.49. The highest BCUT2D eigenvalue weighted by Crippen LogP contribution is 2.45. The van der Waals surface area contributed by atoms with E-state index in [0.29, 0.717) is 17.7 Å². The summed E-state index contributed by atoms with van der Waals surface area (Å²) in [5, 5.41) is 17.5. The normalized spacial score (nSPS) is 11.7. The summed E-state index contributed by atoms with van der Waals surface area (Å²) in [5.74, 6) is 3.32. The molecule has 0 spiro atoms. The summed E-state index contributed by atoms with van der Waals surface area (Å²) in [6.07, 6.45) is 0. The summed E-state index contributed by atoms with van der Waals surface area (Å²) in [5.41, 5.74) is 27.0. The van der Waals surface area contributed by atoms with Crippen molar-refractivity contribution in [1.82, 2.24) is 44.9 Å². The molecule has 0 unspecified atom stereocenters. The number of para-hydroxylation sites is 3. The number of nitrogens with zero attached hydrogens (tertiary/aromatic N) is 9. The van der Waals surface area contributed by atoms with Gasteiger partial charge in [-0.2, -0.15) is 0 Å². The van der Waals surface area contributed by atoms with Gasteiger partial charge in [0.05, 0.1) is 44.8 Å². The first kappa shape index (κ1) is 78.5. The molecule has 0 bridgehead atoms. The van der Waals surface area contributed by atoms with E-state index in [2.05, 4.69) is 243 Å². The first-order valence-electron chi connectivity index (χ1n) is 45.3. The average Bonchev–Trinajstić information content (AvgIpc) is 1.44. The fraction of sp³-hybridized carbons (Fsp3) is 0. The predicted octanol–water partition coefficient (Wildman–Crippen LogP) is 32.5. The number of benzene rings is 21. The zero-order valence-corrected chi connectivity index (χ0v) is 72.8. The molecule has 0 radical (unpaired) electrons. The Morgan fingerprint density at radius 2 is 0.449 bits per heavy atom.